The largest absolute Gasteiger partial charge is 0.317 e. The Bertz CT molecular complexity index is 115. The molecule has 2 N–H and O–H groups in total. The van der Waals surface area contributed by atoms with Crippen molar-refractivity contribution in [2.45, 2.75) is 32.2 Å². The van der Waals surface area contributed by atoms with E-state index in [0.29, 0.717) is 5.54 Å². The molecule has 11 heavy (non-hydrogen) atoms. The highest BCUT2D eigenvalue weighted by molar-refractivity contribution is 4.87. The predicted molar refractivity (Wildman–Crippen MR) is 48.7 cm³/mol. The minimum atomic E-state index is 0.322. The van der Waals surface area contributed by atoms with Crippen molar-refractivity contribution in [3.63, 3.8) is 0 Å². The molecule has 0 aromatic rings. The first kappa shape index (κ1) is 9.01. The molecule has 0 aromatic heterocycles. The Kier molecular flexibility index (Phi) is 2.90. The minimum Gasteiger partial charge on any atom is -0.317 e. The van der Waals surface area contributed by atoms with Crippen LogP contribution in [0.5, 0.6) is 0 Å². The molecule has 1 fully saturated rings. The second kappa shape index (κ2) is 3.55. The van der Waals surface area contributed by atoms with E-state index in [1.54, 1.807) is 0 Å². The second-order valence-electron chi connectivity index (χ2n) is 4.00. The number of hydrogen-bond acceptors (Lipinski definition) is 2. The van der Waals surface area contributed by atoms with Crippen LogP contribution in [0.25, 0.3) is 0 Å². The summed E-state index contributed by atoms with van der Waals surface area (Å²) in [6, 6.07) is 0. The van der Waals surface area contributed by atoms with Gasteiger partial charge in [-0.25, -0.2) is 0 Å². The average molecular weight is 156 g/mol. The Balaban J connectivity index is 2.43. The summed E-state index contributed by atoms with van der Waals surface area (Å²) < 4.78 is 0. The zero-order valence-corrected chi connectivity index (χ0v) is 7.91. The van der Waals surface area contributed by atoms with Crippen LogP contribution in [0, 0.1) is 5.92 Å². The van der Waals surface area contributed by atoms with Crippen molar-refractivity contribution >= 4 is 0 Å². The summed E-state index contributed by atoms with van der Waals surface area (Å²) in [5.41, 5.74) is 0.322. The van der Waals surface area contributed by atoms with Crippen LogP contribution in [0.1, 0.15) is 26.7 Å². The van der Waals surface area contributed by atoms with Gasteiger partial charge in [-0.15, -0.1) is 0 Å². The van der Waals surface area contributed by atoms with Crippen molar-refractivity contribution in [1.29, 1.82) is 0 Å². The lowest BCUT2D eigenvalue weighted by Crippen LogP contribution is -2.47. The van der Waals surface area contributed by atoms with E-state index in [9.17, 15) is 0 Å². The Labute approximate surface area is 69.8 Å². The molecule has 66 valence electrons. The summed E-state index contributed by atoms with van der Waals surface area (Å²) in [4.78, 5) is 0. The molecule has 2 heteroatoms. The highest BCUT2D eigenvalue weighted by Crippen LogP contribution is 2.24. The molecular weight excluding hydrogens is 136 g/mol. The molecule has 1 rings (SSSR count). The fourth-order valence-corrected chi connectivity index (χ4v) is 1.75. The summed E-state index contributed by atoms with van der Waals surface area (Å²) in [6.07, 6.45) is 2.63. The van der Waals surface area contributed by atoms with Gasteiger partial charge in [-0.05, 0) is 52.7 Å². The van der Waals surface area contributed by atoms with Gasteiger partial charge in [-0.2, -0.15) is 0 Å². The van der Waals surface area contributed by atoms with E-state index in [4.69, 9.17) is 0 Å². The summed E-state index contributed by atoms with van der Waals surface area (Å²) in [7, 11) is 2.06. The third-order valence-electron chi connectivity index (χ3n) is 3.00. The van der Waals surface area contributed by atoms with Crippen LogP contribution in [0.3, 0.4) is 0 Å². The number of rotatable bonds is 2. The molecule has 1 heterocycles. The molecule has 0 atom stereocenters. The molecule has 0 aliphatic carbocycles. The van der Waals surface area contributed by atoms with Gasteiger partial charge < -0.3 is 10.6 Å². The van der Waals surface area contributed by atoms with Gasteiger partial charge >= 0.3 is 0 Å². The van der Waals surface area contributed by atoms with Gasteiger partial charge in [0.1, 0.15) is 0 Å². The van der Waals surface area contributed by atoms with E-state index in [1.807, 2.05) is 0 Å². The van der Waals surface area contributed by atoms with Crippen LogP contribution in [0.15, 0.2) is 0 Å². The molecule has 1 saturated heterocycles. The van der Waals surface area contributed by atoms with Crippen molar-refractivity contribution in [1.82, 2.24) is 10.6 Å². The minimum absolute atomic E-state index is 0.322. The lowest BCUT2D eigenvalue weighted by atomic mass is 9.81. The molecular formula is C9H20N2. The summed E-state index contributed by atoms with van der Waals surface area (Å²) in [5, 5.41) is 6.77. The fourth-order valence-electron chi connectivity index (χ4n) is 1.75. The van der Waals surface area contributed by atoms with Crippen molar-refractivity contribution in [3.8, 4) is 0 Å². The fraction of sp³-hybridized carbons (Fsp3) is 1.00. The molecule has 1 aliphatic rings. The maximum Gasteiger partial charge on any atom is 0.0151 e. The van der Waals surface area contributed by atoms with Gasteiger partial charge in [0.2, 0.25) is 0 Å². The first-order chi connectivity index (χ1) is 5.17. The quantitative estimate of drug-likeness (QED) is 0.623. The Morgan fingerprint density at radius 1 is 1.27 bits per heavy atom. The molecule has 0 bridgehead atoms. The predicted octanol–water partition coefficient (Wildman–Crippen LogP) is 0.984. The van der Waals surface area contributed by atoms with Crippen molar-refractivity contribution < 1.29 is 0 Å². The zero-order chi connectivity index (χ0) is 8.32. The van der Waals surface area contributed by atoms with Gasteiger partial charge in [-0.1, -0.05) is 0 Å². The third-order valence-corrected chi connectivity index (χ3v) is 3.00. The van der Waals surface area contributed by atoms with E-state index in [0.717, 1.165) is 5.92 Å². The van der Waals surface area contributed by atoms with Gasteiger partial charge in [0.25, 0.3) is 0 Å². The first-order valence-corrected chi connectivity index (χ1v) is 4.56. The Hall–Kier alpha value is -0.0800. The molecule has 0 saturated carbocycles. The lowest BCUT2D eigenvalue weighted by Gasteiger charge is -2.37. The topological polar surface area (TPSA) is 24.1 Å². The van der Waals surface area contributed by atoms with Crippen LogP contribution < -0.4 is 10.6 Å². The maximum atomic E-state index is 3.38. The van der Waals surface area contributed by atoms with Crippen molar-refractivity contribution in [2.75, 3.05) is 20.1 Å². The first-order valence-electron chi connectivity index (χ1n) is 4.56. The third kappa shape index (κ3) is 2.17. The van der Waals surface area contributed by atoms with Crippen LogP contribution in [0.4, 0.5) is 0 Å². The highest BCUT2D eigenvalue weighted by atomic mass is 14.9. The standard InChI is InChI=1S/C9H20N2/c1-9(2,10-3)8-4-6-11-7-5-8/h8,10-11H,4-7H2,1-3H3. The molecule has 1 aliphatic heterocycles. The summed E-state index contributed by atoms with van der Waals surface area (Å²) in [6.45, 7) is 6.97. The lowest BCUT2D eigenvalue weighted by molar-refractivity contribution is 0.214. The van der Waals surface area contributed by atoms with E-state index < -0.39 is 0 Å². The molecule has 0 aromatic carbocycles. The molecule has 2 nitrogen and oxygen atoms in total. The van der Waals surface area contributed by atoms with Gasteiger partial charge in [0.05, 0.1) is 0 Å². The molecule has 0 amide bonds. The van der Waals surface area contributed by atoms with E-state index in [1.165, 1.54) is 25.9 Å². The Morgan fingerprint density at radius 3 is 2.27 bits per heavy atom. The van der Waals surface area contributed by atoms with E-state index in [-0.39, 0.29) is 0 Å². The second-order valence-corrected chi connectivity index (χ2v) is 4.00. The SMILES string of the molecule is CNC(C)(C)C1CCNCC1. The van der Waals surface area contributed by atoms with Crippen LogP contribution in [0.2, 0.25) is 0 Å². The van der Waals surface area contributed by atoms with E-state index in [2.05, 4.69) is 31.5 Å². The maximum absolute atomic E-state index is 3.38. The normalized spacial score (nSPS) is 22.1. The summed E-state index contributed by atoms with van der Waals surface area (Å²) in [5.74, 6) is 0.841. The molecule has 0 unspecified atom stereocenters. The van der Waals surface area contributed by atoms with Crippen LogP contribution in [-0.4, -0.2) is 25.7 Å². The number of hydrogen-bond donors (Lipinski definition) is 2. The summed E-state index contributed by atoms with van der Waals surface area (Å²) >= 11 is 0. The number of nitrogens with one attached hydrogen (secondary N) is 2. The van der Waals surface area contributed by atoms with Crippen molar-refractivity contribution in [2.24, 2.45) is 5.92 Å². The van der Waals surface area contributed by atoms with Gasteiger partial charge in [0.15, 0.2) is 0 Å². The van der Waals surface area contributed by atoms with Crippen LogP contribution in [-0.2, 0) is 0 Å². The van der Waals surface area contributed by atoms with Gasteiger partial charge in [-0.3, -0.25) is 0 Å². The Morgan fingerprint density at radius 2 is 1.82 bits per heavy atom. The molecule has 0 spiro atoms. The average Bonchev–Trinajstić information content (AvgIpc) is 2.06. The highest BCUT2D eigenvalue weighted by Gasteiger charge is 2.28. The van der Waals surface area contributed by atoms with Crippen LogP contribution >= 0.6 is 0 Å². The van der Waals surface area contributed by atoms with E-state index >= 15 is 0 Å². The van der Waals surface area contributed by atoms with Gasteiger partial charge in [0, 0.05) is 5.54 Å². The smallest absolute Gasteiger partial charge is 0.0151 e. The number of piperidine rings is 1. The monoisotopic (exact) mass is 156 g/mol. The molecule has 0 radical (unpaired) electrons. The van der Waals surface area contributed by atoms with Crippen molar-refractivity contribution in [3.05, 3.63) is 0 Å². The zero-order valence-electron chi connectivity index (χ0n) is 7.91.